The largest absolute Gasteiger partial charge is 0.508 e. The molecule has 3 aliphatic rings. The number of aliphatic carboxylic acids is 1. The fourth-order valence-corrected chi connectivity index (χ4v) is 17.5. The molecule has 130 heavy (non-hydrogen) atoms. The third-order valence-corrected chi connectivity index (χ3v) is 24.9. The number of thioether (sulfide) groups is 1. The Bertz CT molecular complexity index is 4850. The van der Waals surface area contributed by atoms with Gasteiger partial charge in [-0.05, 0) is 118 Å². The van der Waals surface area contributed by atoms with Gasteiger partial charge in [0, 0.05) is 113 Å². The number of benzene rings is 3. The predicted molar refractivity (Wildman–Crippen MR) is 483 cm³/mol. The minimum absolute atomic E-state index is 0.00955. The van der Waals surface area contributed by atoms with Crippen LogP contribution in [0.2, 0.25) is 0 Å². The molecule has 0 unspecified atom stereocenters. The van der Waals surface area contributed by atoms with Gasteiger partial charge in [-0.2, -0.15) is 0 Å². The van der Waals surface area contributed by atoms with E-state index in [9.17, 15) is 63.3 Å². The van der Waals surface area contributed by atoms with Crippen LogP contribution >= 0.6 is 11.8 Å². The number of fused-ring (bicyclic) bond motifs is 4. The first kappa shape index (κ1) is 103. The van der Waals surface area contributed by atoms with E-state index in [2.05, 4.69) is 52.8 Å². The maximum absolute atomic E-state index is 16.0. The molecule has 0 spiro atoms. The lowest BCUT2D eigenvalue weighted by Crippen LogP contribution is -2.61. The van der Waals surface area contributed by atoms with Gasteiger partial charge in [0.2, 0.25) is 88.6 Å². The SMILES string of the molecule is CCCC[C@H]1C(=O)N(C)[C@@H](CCCC)C(=O)N[C@@H](CC(C)C)C(=O)N[C@H](C(N)=O)CSCC(=O)N[C@@H](Cc2ccc(O)cc2)C(=O)N(C)[C@@H](C)C(=O)N[C@@H](CC=O)C(=O)N2CCC[C@H]2C(=O)N[C@@H](CN)C(=O)N[C@@H](CC(C)C)C(=O)N2C[C@H](O)C[C@H]2C(=O)N[C@@H](Cc2c[nH]c3ccccc23)C(=O)N[C@@H](CCCN)C(=O)N[C@@H](Cc2cn(CC(=O)O)c3ccccc23)C(=O)N1C. The quantitative estimate of drug-likeness (QED) is 0.0335. The van der Waals surface area contributed by atoms with Gasteiger partial charge in [-0.25, -0.2) is 0 Å². The lowest BCUT2D eigenvalue weighted by Gasteiger charge is -2.36. The van der Waals surface area contributed by atoms with Crippen LogP contribution in [0.3, 0.4) is 0 Å². The Morgan fingerprint density at radius 2 is 1.10 bits per heavy atom. The number of rotatable bonds is 25. The highest BCUT2D eigenvalue weighted by molar-refractivity contribution is 8.00. The number of phenolic OH excluding ortho intramolecular Hbond substituents is 1. The number of aromatic nitrogens is 2. The van der Waals surface area contributed by atoms with Crippen molar-refractivity contribution in [2.45, 2.75) is 255 Å². The number of carboxylic acid groups (broad SMARTS) is 1. The highest BCUT2D eigenvalue weighted by Crippen LogP contribution is 2.29. The average molecular weight is 1830 g/mol. The molecule has 0 radical (unpaired) electrons. The van der Waals surface area contributed by atoms with Crippen LogP contribution in [0.25, 0.3) is 21.8 Å². The molecule has 5 aromatic rings. The van der Waals surface area contributed by atoms with Crippen molar-refractivity contribution in [1.29, 1.82) is 0 Å². The monoisotopic (exact) mass is 1830 g/mol. The van der Waals surface area contributed by atoms with Gasteiger partial charge in [0.25, 0.3) is 0 Å². The van der Waals surface area contributed by atoms with Crippen molar-refractivity contribution in [3.05, 3.63) is 102 Å². The van der Waals surface area contributed by atoms with Gasteiger partial charge in [0.1, 0.15) is 103 Å². The minimum atomic E-state index is -1.63. The molecular formula is C90H129N19O20S. The van der Waals surface area contributed by atoms with Crippen molar-refractivity contribution in [2.75, 3.05) is 58.8 Å². The standard InChI is InChI=1S/C90H129N19O20S/c1-11-13-25-71-83(122)98-63(37-50(3)4)80(119)103-69(77(93)116)48-130-49-75(113)95-66(39-53-29-31-56(111)32-30-53)86(125)104(8)52(7)78(117)97-62(33-36-110)88(127)108-35-20-28-72(108)84(123)102-68(43-92)82(121)100-65(38-51(5)6)89(128)109-46-57(112)42-74(109)85(124)99-64(40-54-44-94-60-23-17-15-21-58(54)60)81(120)96-61(24-19-34-91)79(118)101-67(87(126)106(10)73(26-14-12-2)90(129)105(71)9)41-55-45-107(47-76(114)115)70-27-18-16-22-59(55)70/h15-18,21-23,27,29-32,36,44-45,50-52,57,61-69,71-74,94,111-112H,11-14,19-20,24-26,28,33-35,37-43,46-49,91-92H2,1-10H3,(H2,93,116)(H,95,113)(H,96,120)(H,97,117)(H,98,122)(H,99,124)(H,100,121)(H,101,118)(H,102,123)(H,103,119)(H,114,115)/t52-,57+,61-,62-,63-,64-,65-,66-,67-,68-,69-,71-,72-,73-,74-/m0/s1. The number of aldehydes is 1. The lowest BCUT2D eigenvalue weighted by atomic mass is 9.99. The van der Waals surface area contributed by atoms with Gasteiger partial charge < -0.3 is 119 Å². The lowest BCUT2D eigenvalue weighted by molar-refractivity contribution is -0.149. The molecule has 39 nitrogen and oxygen atoms in total. The fraction of sp³-hybridized carbons (Fsp3) is 0.567. The number of aliphatic hydroxyl groups is 1. The molecule has 0 saturated carbocycles. The number of primary amides is 1. The molecule has 0 aliphatic carbocycles. The number of H-pyrrole nitrogens is 1. The van der Waals surface area contributed by atoms with Crippen LogP contribution < -0.4 is 65.1 Å². The minimum Gasteiger partial charge on any atom is -0.508 e. The summed E-state index contributed by atoms with van der Waals surface area (Å²) in [5.74, 6) is -15.9. The molecular weight excluding hydrogens is 1700 g/mol. The summed E-state index contributed by atoms with van der Waals surface area (Å²) in [4.78, 5) is 256. The zero-order chi connectivity index (χ0) is 95.5. The summed E-state index contributed by atoms with van der Waals surface area (Å²) in [7, 11) is 4.00. The maximum Gasteiger partial charge on any atom is 0.323 e. The van der Waals surface area contributed by atoms with Crippen LogP contribution in [0.1, 0.15) is 155 Å². The van der Waals surface area contributed by atoms with E-state index in [1.165, 1.54) is 68.0 Å². The third kappa shape index (κ3) is 28.0. The molecule has 8 rings (SSSR count). The van der Waals surface area contributed by atoms with E-state index < -0.39 is 217 Å². The number of para-hydroxylation sites is 2. The highest BCUT2D eigenvalue weighted by Gasteiger charge is 2.47. The Morgan fingerprint density at radius 3 is 1.75 bits per heavy atom. The molecule has 5 heterocycles. The first-order valence-electron chi connectivity index (χ1n) is 44.5. The summed E-state index contributed by atoms with van der Waals surface area (Å²) in [6, 6.07) is -1.10. The van der Waals surface area contributed by atoms with Gasteiger partial charge >= 0.3 is 5.97 Å². The first-order valence-corrected chi connectivity index (χ1v) is 45.6. The zero-order valence-corrected chi connectivity index (χ0v) is 76.4. The second-order valence-corrected chi connectivity index (χ2v) is 35.6. The Hall–Kier alpha value is -12.0. The molecule has 3 saturated heterocycles. The number of hydrogen-bond donors (Lipinski definition) is 16. The number of carbonyl (C=O) groups excluding carboxylic acids is 16. The second kappa shape index (κ2) is 49.1. The number of aromatic amines is 1. The Balaban J connectivity index is 1.19. The predicted octanol–water partition coefficient (Wildman–Crippen LogP) is -0.251. The average Bonchev–Trinajstić information content (AvgIpc) is 1.65. The third-order valence-electron chi connectivity index (χ3n) is 23.8. The number of amides is 15. The summed E-state index contributed by atoms with van der Waals surface area (Å²) >= 11 is 0.837. The number of likely N-dealkylation sites (N-methyl/N-ethyl adjacent to an activating group) is 3. The van der Waals surface area contributed by atoms with Gasteiger partial charge in [0.15, 0.2) is 0 Å². The Labute approximate surface area is 759 Å². The summed E-state index contributed by atoms with van der Waals surface area (Å²) in [5.41, 5.74) is 20.7. The van der Waals surface area contributed by atoms with Crippen molar-refractivity contribution in [1.82, 2.24) is 81.9 Å². The summed E-state index contributed by atoms with van der Waals surface area (Å²) in [5, 5.41) is 57.3. The van der Waals surface area contributed by atoms with Crippen molar-refractivity contribution in [3.8, 4) is 5.75 Å². The second-order valence-electron chi connectivity index (χ2n) is 34.6. The summed E-state index contributed by atoms with van der Waals surface area (Å²) in [6.45, 7) is 10.5. The van der Waals surface area contributed by atoms with E-state index >= 15 is 33.6 Å². The smallest absolute Gasteiger partial charge is 0.323 e. The van der Waals surface area contributed by atoms with E-state index in [0.717, 1.165) is 31.4 Å². The molecule has 2 aromatic heterocycles. The summed E-state index contributed by atoms with van der Waals surface area (Å²) < 4.78 is 1.46. The molecule has 15 amide bonds. The van der Waals surface area contributed by atoms with Crippen LogP contribution in [-0.2, 0) is 107 Å². The number of phenols is 1. The molecule has 710 valence electrons. The van der Waals surface area contributed by atoms with Crippen molar-refractivity contribution in [3.63, 3.8) is 0 Å². The number of hydrogen-bond acceptors (Lipinski definition) is 22. The number of unbranched alkanes of at least 4 members (excludes halogenated alkanes) is 2. The molecule has 3 fully saturated rings. The molecule has 15 atom stereocenters. The van der Waals surface area contributed by atoms with E-state index in [1.807, 2.05) is 13.8 Å². The Morgan fingerprint density at radius 1 is 0.554 bits per heavy atom. The number of nitrogens with zero attached hydrogens (tertiary/aromatic N) is 6. The molecule has 19 N–H and O–H groups in total. The molecule has 3 aromatic carbocycles. The van der Waals surface area contributed by atoms with Crippen LogP contribution in [0.15, 0.2) is 85.2 Å². The van der Waals surface area contributed by atoms with Crippen LogP contribution in [0.4, 0.5) is 0 Å². The molecule has 3 aliphatic heterocycles. The molecule has 0 bridgehead atoms. The van der Waals surface area contributed by atoms with Gasteiger partial charge in [-0.3, -0.25) is 76.7 Å². The van der Waals surface area contributed by atoms with Crippen molar-refractivity contribution < 1.29 is 96.8 Å². The number of aliphatic hydroxyl groups excluding tert-OH is 1. The van der Waals surface area contributed by atoms with Crippen LogP contribution in [-0.4, -0.2) is 300 Å². The summed E-state index contributed by atoms with van der Waals surface area (Å²) in [6.07, 6.45) is 2.30. The maximum atomic E-state index is 16.0. The zero-order valence-electron chi connectivity index (χ0n) is 75.6. The van der Waals surface area contributed by atoms with Crippen molar-refractivity contribution in [2.24, 2.45) is 29.0 Å². The van der Waals surface area contributed by atoms with Gasteiger partial charge in [0.05, 0.1) is 11.9 Å². The topological polar surface area (TPSA) is 574 Å². The van der Waals surface area contributed by atoms with E-state index in [0.29, 0.717) is 70.5 Å². The fourth-order valence-electron chi connectivity index (χ4n) is 16.6. The van der Waals surface area contributed by atoms with Crippen LogP contribution in [0.5, 0.6) is 5.75 Å². The normalized spacial score (nSPS) is 25.4. The number of aromatic hydroxyl groups is 1. The van der Waals surface area contributed by atoms with Crippen LogP contribution in [0, 0.1) is 11.8 Å². The van der Waals surface area contributed by atoms with E-state index in [1.54, 1.807) is 82.4 Å². The number of carboxylic acids is 1. The van der Waals surface area contributed by atoms with Gasteiger partial charge in [-0.15, -0.1) is 11.8 Å². The van der Waals surface area contributed by atoms with E-state index in [-0.39, 0.29) is 113 Å². The number of nitrogens with one attached hydrogen (secondary N) is 10. The highest BCUT2D eigenvalue weighted by atomic mass is 32.2. The van der Waals surface area contributed by atoms with E-state index in [4.69, 9.17) is 17.2 Å². The Kier molecular flexibility index (Phi) is 39.0. The first-order chi connectivity index (χ1) is 61.8. The number of nitrogens with two attached hydrogens (primary N) is 3. The van der Waals surface area contributed by atoms with Gasteiger partial charge in [-0.1, -0.05) is 116 Å². The van der Waals surface area contributed by atoms with Crippen molar-refractivity contribution >= 4 is 134 Å². The number of carbonyl (C=O) groups is 17. The molecule has 40 heteroatoms.